The first-order valence-corrected chi connectivity index (χ1v) is 5.33. The predicted molar refractivity (Wildman–Crippen MR) is 51.3 cm³/mol. The molecule has 0 aromatic carbocycles. The van der Waals surface area contributed by atoms with E-state index in [4.69, 9.17) is 0 Å². The van der Waals surface area contributed by atoms with Gasteiger partial charge in [-0.2, -0.15) is 0 Å². The van der Waals surface area contributed by atoms with E-state index < -0.39 is 0 Å². The van der Waals surface area contributed by atoms with E-state index in [2.05, 4.69) is 23.6 Å². The molecule has 2 atom stereocenters. The summed E-state index contributed by atoms with van der Waals surface area (Å²) < 4.78 is 0. The number of nitrogens with zero attached hydrogens (tertiary/aromatic N) is 2. The van der Waals surface area contributed by atoms with Gasteiger partial charge in [-0.25, -0.2) is 0 Å². The highest BCUT2D eigenvalue weighted by Crippen LogP contribution is 2.29. The van der Waals surface area contributed by atoms with E-state index in [9.17, 15) is 0 Å². The lowest BCUT2D eigenvalue weighted by Gasteiger charge is -2.40. The van der Waals surface area contributed by atoms with Crippen LogP contribution in [-0.4, -0.2) is 48.1 Å². The van der Waals surface area contributed by atoms with E-state index in [1.807, 2.05) is 0 Å². The first kappa shape index (κ1) is 8.52. The third-order valence-corrected chi connectivity index (χ3v) is 3.52. The third kappa shape index (κ3) is 1.27. The molecule has 2 nitrogen and oxygen atoms in total. The Morgan fingerprint density at radius 2 is 1.58 bits per heavy atom. The summed E-state index contributed by atoms with van der Waals surface area (Å²) in [7, 11) is 0. The Hall–Kier alpha value is -0.0800. The van der Waals surface area contributed by atoms with Crippen molar-refractivity contribution in [3.8, 4) is 0 Å². The van der Waals surface area contributed by atoms with Crippen molar-refractivity contribution in [2.45, 2.75) is 38.8 Å². The number of likely N-dealkylation sites (N-methyl/N-ethyl adjacent to an activating group) is 2. The van der Waals surface area contributed by atoms with E-state index in [0.717, 1.165) is 12.1 Å². The van der Waals surface area contributed by atoms with Gasteiger partial charge in [0, 0.05) is 25.2 Å². The average molecular weight is 168 g/mol. The molecule has 2 heteroatoms. The average Bonchev–Trinajstić information content (AvgIpc) is 2.35. The molecule has 2 bridgehead atoms. The second-order valence-electron chi connectivity index (χ2n) is 4.07. The quantitative estimate of drug-likeness (QED) is 0.611. The van der Waals surface area contributed by atoms with Gasteiger partial charge in [0.05, 0.1) is 0 Å². The van der Waals surface area contributed by atoms with Crippen LogP contribution in [0.5, 0.6) is 0 Å². The smallest absolute Gasteiger partial charge is 0.0227 e. The molecule has 12 heavy (non-hydrogen) atoms. The van der Waals surface area contributed by atoms with Crippen LogP contribution in [0.25, 0.3) is 0 Å². The molecule has 0 unspecified atom stereocenters. The predicted octanol–water partition coefficient (Wildman–Crippen LogP) is 1.17. The fourth-order valence-electron chi connectivity index (χ4n) is 2.85. The highest BCUT2D eigenvalue weighted by atomic mass is 15.3. The van der Waals surface area contributed by atoms with Crippen molar-refractivity contribution in [3.05, 3.63) is 0 Å². The van der Waals surface area contributed by atoms with Crippen molar-refractivity contribution in [3.63, 3.8) is 0 Å². The van der Waals surface area contributed by atoms with Gasteiger partial charge in [0.15, 0.2) is 0 Å². The van der Waals surface area contributed by atoms with Crippen LogP contribution in [0.2, 0.25) is 0 Å². The molecule has 0 saturated carbocycles. The summed E-state index contributed by atoms with van der Waals surface area (Å²) in [5, 5.41) is 0. The van der Waals surface area contributed by atoms with Crippen LogP contribution < -0.4 is 0 Å². The molecule has 0 aromatic heterocycles. The molecule has 0 N–H and O–H groups in total. The Kier molecular flexibility index (Phi) is 2.37. The van der Waals surface area contributed by atoms with Crippen molar-refractivity contribution in [2.75, 3.05) is 26.2 Å². The second kappa shape index (κ2) is 3.35. The van der Waals surface area contributed by atoms with E-state index in [1.54, 1.807) is 0 Å². The lowest BCUT2D eigenvalue weighted by Crippen LogP contribution is -2.53. The maximum absolute atomic E-state index is 2.70. The standard InChI is InChI=1S/C10H20N2/c1-3-11-7-9-5-6-10(8-11)12(9)4-2/h9-10H,3-8H2,1-2H3/t9-,10+. The van der Waals surface area contributed by atoms with Crippen molar-refractivity contribution in [1.82, 2.24) is 9.80 Å². The normalized spacial score (nSPS) is 37.5. The lowest BCUT2D eigenvalue weighted by molar-refractivity contribution is 0.0750. The molecule has 70 valence electrons. The fraction of sp³-hybridized carbons (Fsp3) is 1.00. The Morgan fingerprint density at radius 3 is 2.00 bits per heavy atom. The topological polar surface area (TPSA) is 6.48 Å². The molecule has 2 rings (SSSR count). The van der Waals surface area contributed by atoms with Crippen LogP contribution >= 0.6 is 0 Å². The molecule has 2 aliphatic rings. The maximum Gasteiger partial charge on any atom is 0.0227 e. The van der Waals surface area contributed by atoms with Gasteiger partial charge in [0.25, 0.3) is 0 Å². The number of hydrogen-bond acceptors (Lipinski definition) is 2. The molecule has 0 spiro atoms. The third-order valence-electron chi connectivity index (χ3n) is 3.52. The number of rotatable bonds is 2. The molecule has 2 aliphatic heterocycles. The van der Waals surface area contributed by atoms with E-state index in [1.165, 1.54) is 39.0 Å². The molecule has 2 saturated heterocycles. The van der Waals surface area contributed by atoms with E-state index in [0.29, 0.717) is 0 Å². The van der Waals surface area contributed by atoms with Gasteiger partial charge in [0.1, 0.15) is 0 Å². The molecular weight excluding hydrogens is 148 g/mol. The van der Waals surface area contributed by atoms with Crippen LogP contribution in [0.1, 0.15) is 26.7 Å². The van der Waals surface area contributed by atoms with Gasteiger partial charge in [-0.15, -0.1) is 0 Å². The second-order valence-corrected chi connectivity index (χ2v) is 4.07. The summed E-state index contributed by atoms with van der Waals surface area (Å²) in [5.41, 5.74) is 0. The van der Waals surface area contributed by atoms with Gasteiger partial charge < -0.3 is 4.90 Å². The molecular formula is C10H20N2. The number of hydrogen-bond donors (Lipinski definition) is 0. The van der Waals surface area contributed by atoms with Gasteiger partial charge in [0.2, 0.25) is 0 Å². The fourth-order valence-corrected chi connectivity index (χ4v) is 2.85. The molecule has 0 aliphatic carbocycles. The highest BCUT2D eigenvalue weighted by Gasteiger charge is 2.37. The Bertz CT molecular complexity index is 144. The molecule has 2 heterocycles. The van der Waals surface area contributed by atoms with Crippen LogP contribution in [-0.2, 0) is 0 Å². The summed E-state index contributed by atoms with van der Waals surface area (Å²) in [6.45, 7) is 9.72. The van der Waals surface area contributed by atoms with Gasteiger partial charge in [-0.05, 0) is 25.9 Å². The van der Waals surface area contributed by atoms with Crippen molar-refractivity contribution in [2.24, 2.45) is 0 Å². The van der Waals surface area contributed by atoms with E-state index >= 15 is 0 Å². The number of fused-ring (bicyclic) bond motifs is 2. The molecule has 2 fully saturated rings. The monoisotopic (exact) mass is 168 g/mol. The minimum Gasteiger partial charge on any atom is -0.301 e. The number of likely N-dealkylation sites (tertiary alicyclic amines) is 1. The maximum atomic E-state index is 2.70. The van der Waals surface area contributed by atoms with Crippen molar-refractivity contribution >= 4 is 0 Å². The largest absolute Gasteiger partial charge is 0.301 e. The van der Waals surface area contributed by atoms with Crippen molar-refractivity contribution in [1.29, 1.82) is 0 Å². The highest BCUT2D eigenvalue weighted by molar-refractivity contribution is 4.94. The van der Waals surface area contributed by atoms with Gasteiger partial charge >= 0.3 is 0 Å². The van der Waals surface area contributed by atoms with Gasteiger partial charge in [-0.1, -0.05) is 13.8 Å². The summed E-state index contributed by atoms with van der Waals surface area (Å²) in [4.78, 5) is 5.31. The first-order chi connectivity index (χ1) is 5.85. The van der Waals surface area contributed by atoms with Crippen LogP contribution in [0, 0.1) is 0 Å². The SMILES string of the molecule is CCN1C[C@H]2CC[C@@H](C1)N2CC. The van der Waals surface area contributed by atoms with Crippen LogP contribution in [0.3, 0.4) is 0 Å². The zero-order chi connectivity index (χ0) is 8.55. The van der Waals surface area contributed by atoms with Crippen LogP contribution in [0.15, 0.2) is 0 Å². The summed E-state index contributed by atoms with van der Waals surface area (Å²) >= 11 is 0. The zero-order valence-electron chi connectivity index (χ0n) is 8.29. The minimum atomic E-state index is 0.883. The van der Waals surface area contributed by atoms with Crippen LogP contribution in [0.4, 0.5) is 0 Å². The zero-order valence-corrected chi connectivity index (χ0v) is 8.29. The number of piperazine rings is 1. The molecule has 0 radical (unpaired) electrons. The van der Waals surface area contributed by atoms with Gasteiger partial charge in [-0.3, -0.25) is 4.90 Å². The first-order valence-electron chi connectivity index (χ1n) is 5.33. The lowest BCUT2D eigenvalue weighted by atomic mass is 10.2. The minimum absolute atomic E-state index is 0.883. The van der Waals surface area contributed by atoms with Crippen molar-refractivity contribution < 1.29 is 0 Å². The molecule has 0 amide bonds. The van der Waals surface area contributed by atoms with E-state index in [-0.39, 0.29) is 0 Å². The molecule has 0 aromatic rings. The Labute approximate surface area is 75.5 Å². The Balaban J connectivity index is 2.01. The Morgan fingerprint density at radius 1 is 1.00 bits per heavy atom. The summed E-state index contributed by atoms with van der Waals surface area (Å²) in [6.07, 6.45) is 2.88. The summed E-state index contributed by atoms with van der Waals surface area (Å²) in [5.74, 6) is 0. The summed E-state index contributed by atoms with van der Waals surface area (Å²) in [6, 6.07) is 1.77.